The first-order chi connectivity index (χ1) is 9.58. The lowest BCUT2D eigenvalue weighted by atomic mass is 10.0. The molecule has 0 radical (unpaired) electrons. The van der Waals surface area contributed by atoms with E-state index in [-0.39, 0.29) is 6.04 Å². The maximum absolute atomic E-state index is 5.48. The van der Waals surface area contributed by atoms with Crippen LogP contribution in [-0.4, -0.2) is 14.5 Å². The Hall–Kier alpha value is -1.94. The molecule has 1 unspecified atom stereocenters. The van der Waals surface area contributed by atoms with E-state index in [1.807, 2.05) is 13.1 Å². The average Bonchev–Trinajstić information content (AvgIpc) is 2.73. The molecular formula is C16H17N3S. The number of hydrogen-bond donors (Lipinski definition) is 1. The molecule has 1 aromatic carbocycles. The summed E-state index contributed by atoms with van der Waals surface area (Å²) in [5, 5.41) is 0. The van der Waals surface area contributed by atoms with Gasteiger partial charge in [-0.3, -0.25) is 4.57 Å². The van der Waals surface area contributed by atoms with Crippen molar-refractivity contribution in [2.75, 3.05) is 0 Å². The highest BCUT2D eigenvalue weighted by Crippen LogP contribution is 2.25. The first-order valence-corrected chi connectivity index (χ1v) is 7.11. The Labute approximate surface area is 123 Å². The largest absolute Gasteiger partial charge is 0.329 e. The van der Waals surface area contributed by atoms with Gasteiger partial charge in [-0.05, 0) is 55.7 Å². The van der Waals surface area contributed by atoms with Gasteiger partial charge in [0.25, 0.3) is 0 Å². The fraction of sp³-hybridized carbons (Fsp3) is 0.250. The Morgan fingerprint density at radius 2 is 2.00 bits per heavy atom. The van der Waals surface area contributed by atoms with Crippen molar-refractivity contribution < 1.29 is 0 Å². The van der Waals surface area contributed by atoms with Crippen molar-refractivity contribution >= 4 is 23.4 Å². The number of nitrogens with zero attached hydrogens (tertiary/aromatic N) is 2. The van der Waals surface area contributed by atoms with E-state index in [9.17, 15) is 0 Å². The van der Waals surface area contributed by atoms with Gasteiger partial charge in [0, 0.05) is 6.20 Å². The number of aryl methyl sites for hydroxylation is 2. The molecule has 4 heteroatoms. The zero-order chi connectivity index (χ0) is 14.3. The summed E-state index contributed by atoms with van der Waals surface area (Å²) >= 11 is 5.48. The quantitative estimate of drug-likeness (QED) is 0.711. The SMILES string of the molecule is Cc1cnc2c(c1)[nH]c(=S)n2C(C)c1ccccc1C. The van der Waals surface area contributed by atoms with E-state index in [2.05, 4.69) is 58.7 Å². The molecule has 0 saturated carbocycles. The van der Waals surface area contributed by atoms with Gasteiger partial charge in [-0.1, -0.05) is 24.3 Å². The summed E-state index contributed by atoms with van der Waals surface area (Å²) in [4.78, 5) is 7.80. The summed E-state index contributed by atoms with van der Waals surface area (Å²) in [5.41, 5.74) is 5.58. The molecule has 0 aliphatic carbocycles. The molecule has 0 spiro atoms. The van der Waals surface area contributed by atoms with E-state index in [1.54, 1.807) is 0 Å². The number of fused-ring (bicyclic) bond motifs is 1. The molecule has 0 aliphatic heterocycles. The number of rotatable bonds is 2. The number of benzene rings is 1. The third-order valence-electron chi connectivity index (χ3n) is 3.72. The molecule has 1 N–H and O–H groups in total. The third kappa shape index (κ3) is 2.06. The van der Waals surface area contributed by atoms with E-state index in [4.69, 9.17) is 12.2 Å². The zero-order valence-corrected chi connectivity index (χ0v) is 12.7. The highest BCUT2D eigenvalue weighted by atomic mass is 32.1. The number of nitrogens with one attached hydrogen (secondary N) is 1. The van der Waals surface area contributed by atoms with Gasteiger partial charge in [-0.25, -0.2) is 4.98 Å². The van der Waals surface area contributed by atoms with Crippen molar-refractivity contribution in [3.05, 3.63) is 58.0 Å². The number of pyridine rings is 1. The molecule has 3 aromatic rings. The van der Waals surface area contributed by atoms with Crippen LogP contribution in [0.2, 0.25) is 0 Å². The lowest BCUT2D eigenvalue weighted by molar-refractivity contribution is 0.640. The van der Waals surface area contributed by atoms with E-state index in [0.29, 0.717) is 4.77 Å². The lowest BCUT2D eigenvalue weighted by Crippen LogP contribution is -2.09. The summed E-state index contributed by atoms with van der Waals surface area (Å²) < 4.78 is 2.81. The Kier molecular flexibility index (Phi) is 3.18. The van der Waals surface area contributed by atoms with Gasteiger partial charge in [-0.15, -0.1) is 0 Å². The summed E-state index contributed by atoms with van der Waals surface area (Å²) in [6.07, 6.45) is 1.88. The number of aromatic nitrogens is 3. The minimum Gasteiger partial charge on any atom is -0.329 e. The summed E-state index contributed by atoms with van der Waals surface area (Å²) in [6, 6.07) is 10.6. The van der Waals surface area contributed by atoms with Crippen LogP contribution in [-0.2, 0) is 0 Å². The maximum atomic E-state index is 5.48. The van der Waals surface area contributed by atoms with Crippen molar-refractivity contribution in [2.24, 2.45) is 0 Å². The molecule has 0 aliphatic rings. The van der Waals surface area contributed by atoms with Crippen molar-refractivity contribution in [2.45, 2.75) is 26.8 Å². The van der Waals surface area contributed by atoms with Gasteiger partial charge < -0.3 is 4.98 Å². The summed E-state index contributed by atoms with van der Waals surface area (Å²) in [6.45, 7) is 6.32. The monoisotopic (exact) mass is 283 g/mol. The molecule has 3 rings (SSSR count). The van der Waals surface area contributed by atoms with Crippen LogP contribution < -0.4 is 0 Å². The molecule has 102 valence electrons. The normalized spacial score (nSPS) is 12.8. The molecule has 2 aromatic heterocycles. The molecule has 0 fully saturated rings. The molecule has 0 bridgehead atoms. The van der Waals surface area contributed by atoms with Crippen molar-refractivity contribution in [1.82, 2.24) is 14.5 Å². The van der Waals surface area contributed by atoms with E-state index < -0.39 is 0 Å². The number of aromatic amines is 1. The molecule has 1 atom stereocenters. The Morgan fingerprint density at radius 3 is 2.75 bits per heavy atom. The molecule has 2 heterocycles. The first kappa shape index (κ1) is 13.1. The second kappa shape index (κ2) is 4.87. The highest BCUT2D eigenvalue weighted by molar-refractivity contribution is 7.71. The van der Waals surface area contributed by atoms with Gasteiger partial charge in [0.2, 0.25) is 0 Å². The van der Waals surface area contributed by atoms with Gasteiger partial charge in [0.1, 0.15) is 0 Å². The number of imidazole rings is 1. The van der Waals surface area contributed by atoms with Crippen LogP contribution >= 0.6 is 12.2 Å². The minimum absolute atomic E-state index is 0.160. The predicted octanol–water partition coefficient (Wildman–Crippen LogP) is 4.32. The van der Waals surface area contributed by atoms with Crippen LogP contribution in [0.5, 0.6) is 0 Å². The highest BCUT2D eigenvalue weighted by Gasteiger charge is 2.15. The predicted molar refractivity (Wildman–Crippen MR) is 84.6 cm³/mol. The van der Waals surface area contributed by atoms with Crippen LogP contribution in [0.1, 0.15) is 29.7 Å². The van der Waals surface area contributed by atoms with E-state index >= 15 is 0 Å². The topological polar surface area (TPSA) is 33.6 Å². The molecular weight excluding hydrogens is 266 g/mol. The first-order valence-electron chi connectivity index (χ1n) is 6.70. The average molecular weight is 283 g/mol. The number of hydrogen-bond acceptors (Lipinski definition) is 2. The molecule has 3 nitrogen and oxygen atoms in total. The van der Waals surface area contributed by atoms with Gasteiger partial charge in [0.15, 0.2) is 10.4 Å². The fourth-order valence-electron chi connectivity index (χ4n) is 2.67. The van der Waals surface area contributed by atoms with Crippen LogP contribution in [0.4, 0.5) is 0 Å². The molecule has 0 saturated heterocycles. The standard InChI is InChI=1S/C16H17N3S/c1-10-8-14-15(17-9-10)19(16(20)18-14)12(3)13-7-5-4-6-11(13)2/h4-9,12H,1-3H3,(H,18,20). The lowest BCUT2D eigenvalue weighted by Gasteiger charge is -2.16. The van der Waals surface area contributed by atoms with E-state index in [1.165, 1.54) is 11.1 Å². The van der Waals surface area contributed by atoms with Gasteiger partial charge >= 0.3 is 0 Å². The minimum atomic E-state index is 0.160. The van der Waals surface area contributed by atoms with Crippen LogP contribution in [0.15, 0.2) is 36.5 Å². The Bertz CT molecular complexity index is 829. The fourth-order valence-corrected chi connectivity index (χ4v) is 3.03. The zero-order valence-electron chi connectivity index (χ0n) is 11.8. The van der Waals surface area contributed by atoms with Crippen molar-refractivity contribution in [1.29, 1.82) is 0 Å². The van der Waals surface area contributed by atoms with Crippen molar-refractivity contribution in [3.8, 4) is 0 Å². The van der Waals surface area contributed by atoms with Crippen LogP contribution in [0, 0.1) is 18.6 Å². The van der Waals surface area contributed by atoms with Gasteiger partial charge in [0.05, 0.1) is 11.6 Å². The molecule has 20 heavy (non-hydrogen) atoms. The second-order valence-corrected chi connectivity index (χ2v) is 5.60. The smallest absolute Gasteiger partial charge is 0.179 e. The number of H-pyrrole nitrogens is 1. The maximum Gasteiger partial charge on any atom is 0.179 e. The summed E-state index contributed by atoms with van der Waals surface area (Å²) in [7, 11) is 0. The second-order valence-electron chi connectivity index (χ2n) is 5.22. The van der Waals surface area contributed by atoms with Crippen LogP contribution in [0.3, 0.4) is 0 Å². The van der Waals surface area contributed by atoms with E-state index in [0.717, 1.165) is 16.7 Å². The Balaban J connectivity index is 2.22. The van der Waals surface area contributed by atoms with Gasteiger partial charge in [-0.2, -0.15) is 0 Å². The van der Waals surface area contributed by atoms with Crippen LogP contribution in [0.25, 0.3) is 11.2 Å². The third-order valence-corrected chi connectivity index (χ3v) is 4.02. The van der Waals surface area contributed by atoms with Crippen molar-refractivity contribution in [3.63, 3.8) is 0 Å². The molecule has 0 amide bonds. The Morgan fingerprint density at radius 1 is 1.25 bits per heavy atom. The summed E-state index contributed by atoms with van der Waals surface area (Å²) in [5.74, 6) is 0.